The zero-order valence-corrected chi connectivity index (χ0v) is 19.0. The number of imidazole rings is 1. The highest BCUT2D eigenvalue weighted by molar-refractivity contribution is 6.30. The topological polar surface area (TPSA) is 64.2 Å². The Morgan fingerprint density at radius 3 is 2.39 bits per heavy atom. The van der Waals surface area contributed by atoms with Crippen molar-refractivity contribution in [3.8, 4) is 11.1 Å². The average molecular weight is 441 g/mol. The van der Waals surface area contributed by atoms with Gasteiger partial charge in [-0.3, -0.25) is 9.13 Å². The van der Waals surface area contributed by atoms with Gasteiger partial charge in [0.15, 0.2) is 0 Å². The quantitative estimate of drug-likeness (QED) is 0.441. The summed E-state index contributed by atoms with van der Waals surface area (Å²) in [4.78, 5) is 24.7. The number of unbranched alkanes of at least 4 members (excludes halogenated alkanes) is 1. The van der Waals surface area contributed by atoms with E-state index in [1.807, 2.05) is 44.2 Å². The van der Waals surface area contributed by atoms with Gasteiger partial charge in [0.05, 0.1) is 17.8 Å². The molecule has 0 radical (unpaired) electrons. The predicted molar refractivity (Wildman–Crippen MR) is 125 cm³/mol. The smallest absolute Gasteiger partial charge is 0.336 e. The summed E-state index contributed by atoms with van der Waals surface area (Å²) < 4.78 is 3.48. The molecule has 1 aromatic heterocycles. The third kappa shape index (κ3) is 4.77. The molecule has 0 saturated carbocycles. The first-order valence-corrected chi connectivity index (χ1v) is 11.2. The van der Waals surface area contributed by atoms with Crippen molar-refractivity contribution in [2.45, 2.75) is 59.0 Å². The largest absolute Gasteiger partial charge is 0.478 e. The molecule has 0 aliphatic rings. The maximum atomic E-state index is 13.2. The summed E-state index contributed by atoms with van der Waals surface area (Å²) in [5.41, 5.74) is 3.55. The number of hydrogen-bond donors (Lipinski definition) is 1. The number of benzene rings is 2. The maximum Gasteiger partial charge on any atom is 0.336 e. The second-order valence-electron chi connectivity index (χ2n) is 7.88. The van der Waals surface area contributed by atoms with Crippen LogP contribution in [-0.4, -0.2) is 20.2 Å². The van der Waals surface area contributed by atoms with E-state index in [0.717, 1.165) is 42.5 Å². The Balaban J connectivity index is 1.96. The van der Waals surface area contributed by atoms with Crippen molar-refractivity contribution in [2.75, 3.05) is 0 Å². The number of aromatic nitrogens is 2. The number of carboxylic acids is 1. The number of rotatable bonds is 9. The van der Waals surface area contributed by atoms with Crippen LogP contribution in [0.2, 0.25) is 5.15 Å². The standard InChI is InChI=1S/C25H29ClN2O3/c1-4-6-11-22-23(26)28(17(3)5-2)25(31)27(22)16-18-12-14-19(15-13-18)20-9-7-8-10-21(20)24(29)30/h7-10,12-15,17H,4-6,11,16H2,1-3H3,(H,29,30). The van der Waals surface area contributed by atoms with Crippen LogP contribution in [0.5, 0.6) is 0 Å². The third-order valence-corrected chi connectivity index (χ3v) is 6.17. The molecular weight excluding hydrogens is 412 g/mol. The van der Waals surface area contributed by atoms with Crippen LogP contribution in [0.3, 0.4) is 0 Å². The fraction of sp³-hybridized carbons (Fsp3) is 0.360. The summed E-state index contributed by atoms with van der Waals surface area (Å²) in [5, 5.41) is 9.99. The van der Waals surface area contributed by atoms with Gasteiger partial charge in [-0.15, -0.1) is 0 Å². The Bertz CT molecular complexity index is 1110. The highest BCUT2D eigenvalue weighted by Gasteiger charge is 2.21. The fourth-order valence-corrected chi connectivity index (χ4v) is 4.22. The van der Waals surface area contributed by atoms with Crippen molar-refractivity contribution in [3.05, 3.63) is 81.0 Å². The van der Waals surface area contributed by atoms with Crippen molar-refractivity contribution >= 4 is 17.6 Å². The van der Waals surface area contributed by atoms with Crippen LogP contribution in [0.25, 0.3) is 11.1 Å². The van der Waals surface area contributed by atoms with Gasteiger partial charge >= 0.3 is 11.7 Å². The molecule has 0 amide bonds. The van der Waals surface area contributed by atoms with Gasteiger partial charge < -0.3 is 5.11 Å². The number of carboxylic acid groups (broad SMARTS) is 1. The Hall–Kier alpha value is -2.79. The van der Waals surface area contributed by atoms with Crippen LogP contribution in [0.4, 0.5) is 0 Å². The zero-order valence-electron chi connectivity index (χ0n) is 18.3. The van der Waals surface area contributed by atoms with E-state index in [4.69, 9.17) is 11.6 Å². The summed E-state index contributed by atoms with van der Waals surface area (Å²) >= 11 is 6.65. The Morgan fingerprint density at radius 1 is 1.10 bits per heavy atom. The van der Waals surface area contributed by atoms with Gasteiger partial charge in [-0.2, -0.15) is 0 Å². The van der Waals surface area contributed by atoms with Crippen LogP contribution in [0.15, 0.2) is 53.3 Å². The highest BCUT2D eigenvalue weighted by Crippen LogP contribution is 2.26. The normalized spacial score (nSPS) is 12.1. The Kier molecular flexibility index (Phi) is 7.39. The van der Waals surface area contributed by atoms with Gasteiger partial charge in [-0.25, -0.2) is 9.59 Å². The minimum absolute atomic E-state index is 0.0384. The first kappa shape index (κ1) is 22.9. The first-order chi connectivity index (χ1) is 14.9. The number of nitrogens with zero attached hydrogens (tertiary/aromatic N) is 2. The zero-order chi connectivity index (χ0) is 22.5. The molecule has 0 fully saturated rings. The second-order valence-corrected chi connectivity index (χ2v) is 8.24. The lowest BCUT2D eigenvalue weighted by Gasteiger charge is -2.10. The lowest BCUT2D eigenvalue weighted by molar-refractivity contribution is 0.0697. The number of aromatic carboxylic acids is 1. The Labute approximate surface area is 187 Å². The molecule has 3 aromatic rings. The van der Waals surface area contributed by atoms with Crippen LogP contribution in [0, 0.1) is 0 Å². The molecule has 0 bridgehead atoms. The van der Waals surface area contributed by atoms with Crippen molar-refractivity contribution in [2.24, 2.45) is 0 Å². The molecule has 164 valence electrons. The monoisotopic (exact) mass is 440 g/mol. The molecule has 6 heteroatoms. The van der Waals surface area contributed by atoms with Gasteiger partial charge in [0.25, 0.3) is 0 Å². The fourth-order valence-electron chi connectivity index (χ4n) is 3.78. The molecule has 1 unspecified atom stereocenters. The summed E-state index contributed by atoms with van der Waals surface area (Å²) in [5.74, 6) is -0.951. The maximum absolute atomic E-state index is 13.2. The molecule has 3 rings (SSSR count). The van der Waals surface area contributed by atoms with E-state index in [1.54, 1.807) is 27.3 Å². The molecule has 0 aliphatic heterocycles. The van der Waals surface area contributed by atoms with Gasteiger partial charge in [0.1, 0.15) is 5.15 Å². The molecule has 31 heavy (non-hydrogen) atoms. The van der Waals surface area contributed by atoms with Crippen LogP contribution in [0.1, 0.15) is 67.7 Å². The van der Waals surface area contributed by atoms with Gasteiger partial charge in [0.2, 0.25) is 0 Å². The predicted octanol–water partition coefficient (Wildman–Crippen LogP) is 6.03. The van der Waals surface area contributed by atoms with Crippen LogP contribution >= 0.6 is 11.6 Å². The van der Waals surface area contributed by atoms with E-state index in [1.165, 1.54) is 0 Å². The molecule has 2 aromatic carbocycles. The minimum Gasteiger partial charge on any atom is -0.478 e. The lowest BCUT2D eigenvalue weighted by atomic mass is 9.99. The van der Waals surface area contributed by atoms with Crippen LogP contribution in [-0.2, 0) is 13.0 Å². The summed E-state index contributed by atoms with van der Waals surface area (Å²) in [7, 11) is 0. The molecule has 0 saturated heterocycles. The number of halogens is 1. The minimum atomic E-state index is -0.951. The van der Waals surface area contributed by atoms with Crippen molar-refractivity contribution in [3.63, 3.8) is 0 Å². The van der Waals surface area contributed by atoms with Crippen molar-refractivity contribution in [1.82, 2.24) is 9.13 Å². The third-order valence-electron chi connectivity index (χ3n) is 5.77. The van der Waals surface area contributed by atoms with Gasteiger partial charge in [-0.05, 0) is 48.9 Å². The van der Waals surface area contributed by atoms with Crippen LogP contribution < -0.4 is 5.69 Å². The molecule has 1 atom stereocenters. The van der Waals surface area contributed by atoms with E-state index in [0.29, 0.717) is 17.3 Å². The highest BCUT2D eigenvalue weighted by atomic mass is 35.5. The first-order valence-electron chi connectivity index (χ1n) is 10.8. The van der Waals surface area contributed by atoms with E-state index >= 15 is 0 Å². The molecular formula is C25H29ClN2O3. The van der Waals surface area contributed by atoms with Crippen molar-refractivity contribution in [1.29, 1.82) is 0 Å². The molecule has 1 heterocycles. The average Bonchev–Trinajstić information content (AvgIpc) is 3.01. The molecule has 0 spiro atoms. The van der Waals surface area contributed by atoms with E-state index in [-0.39, 0.29) is 17.3 Å². The summed E-state index contributed by atoms with van der Waals surface area (Å²) in [6.45, 7) is 6.61. The number of carbonyl (C=O) groups is 1. The van der Waals surface area contributed by atoms with E-state index < -0.39 is 5.97 Å². The lowest BCUT2D eigenvalue weighted by Crippen LogP contribution is -2.27. The SMILES string of the molecule is CCCCc1c(Cl)n(C(C)CC)c(=O)n1Cc1ccc(-c2ccccc2C(=O)O)cc1. The molecule has 0 aliphatic carbocycles. The van der Waals surface area contributed by atoms with E-state index in [9.17, 15) is 14.7 Å². The van der Waals surface area contributed by atoms with Gasteiger partial charge in [-0.1, -0.05) is 74.3 Å². The summed E-state index contributed by atoms with van der Waals surface area (Å²) in [6, 6.07) is 14.7. The summed E-state index contributed by atoms with van der Waals surface area (Å²) in [6.07, 6.45) is 3.58. The Morgan fingerprint density at radius 2 is 1.77 bits per heavy atom. The van der Waals surface area contributed by atoms with Crippen molar-refractivity contribution < 1.29 is 9.90 Å². The molecule has 1 N–H and O–H groups in total. The molecule has 5 nitrogen and oxygen atoms in total. The second kappa shape index (κ2) is 10.0. The van der Waals surface area contributed by atoms with E-state index in [2.05, 4.69) is 6.92 Å². The van der Waals surface area contributed by atoms with Gasteiger partial charge in [0, 0.05) is 6.04 Å². The number of hydrogen-bond acceptors (Lipinski definition) is 2.